The van der Waals surface area contributed by atoms with Crippen molar-refractivity contribution >= 4 is 50.9 Å². The second kappa shape index (κ2) is 10.0. The average Bonchev–Trinajstić information content (AvgIpc) is 3.65. The maximum Gasteiger partial charge on any atom is 0.243 e. The van der Waals surface area contributed by atoms with Crippen LogP contribution in [0.4, 0.5) is 0 Å². The van der Waals surface area contributed by atoms with Crippen LogP contribution in [-0.4, -0.2) is 48.4 Å². The molecule has 2 N–H and O–H groups in total. The number of amides is 2. The smallest absolute Gasteiger partial charge is 0.243 e. The molecule has 1 unspecified atom stereocenters. The zero-order valence-corrected chi connectivity index (χ0v) is 22.8. The molecular formula is C27H30BrCl2N3O2. The van der Waals surface area contributed by atoms with Crippen molar-refractivity contribution in [1.29, 1.82) is 0 Å². The van der Waals surface area contributed by atoms with Gasteiger partial charge < -0.3 is 15.5 Å². The van der Waals surface area contributed by atoms with Gasteiger partial charge in [0.15, 0.2) is 0 Å². The van der Waals surface area contributed by atoms with E-state index in [1.54, 1.807) is 12.1 Å². The van der Waals surface area contributed by atoms with E-state index in [-0.39, 0.29) is 23.8 Å². The Morgan fingerprint density at radius 2 is 1.77 bits per heavy atom. The molecule has 2 amide bonds. The monoisotopic (exact) mass is 577 g/mol. The Bertz CT molecular complexity index is 1110. The van der Waals surface area contributed by atoms with Crippen molar-refractivity contribution in [2.75, 3.05) is 19.6 Å². The van der Waals surface area contributed by atoms with Crippen molar-refractivity contribution in [3.8, 4) is 0 Å². The zero-order chi connectivity index (χ0) is 24.7. The molecule has 35 heavy (non-hydrogen) atoms. The van der Waals surface area contributed by atoms with E-state index in [0.29, 0.717) is 28.8 Å². The van der Waals surface area contributed by atoms with Gasteiger partial charge in [-0.2, -0.15) is 0 Å². The number of carbonyl (C=O) groups is 2. The lowest BCUT2D eigenvalue weighted by Crippen LogP contribution is -2.61. The molecule has 2 bridgehead atoms. The number of hydrogen-bond acceptors (Lipinski definition) is 3. The van der Waals surface area contributed by atoms with E-state index < -0.39 is 11.5 Å². The van der Waals surface area contributed by atoms with Gasteiger partial charge in [-0.15, -0.1) is 0 Å². The molecule has 8 heteroatoms. The van der Waals surface area contributed by atoms with Crippen LogP contribution in [0.15, 0.2) is 46.9 Å². The van der Waals surface area contributed by atoms with Gasteiger partial charge in [-0.25, -0.2) is 0 Å². The maximum atomic E-state index is 13.7. The molecule has 4 aliphatic rings. The SMILES string of the molecule is C[C@@H](c1ccc(Br)cc1)C(NC(=O)C1(c2ccc(Cl)cc2Cl)CC1)C(=O)N[C@@H]1C[N@]2CC[C@H]1CC2. The van der Waals surface area contributed by atoms with Gasteiger partial charge in [-0.3, -0.25) is 9.59 Å². The summed E-state index contributed by atoms with van der Waals surface area (Å²) in [5.41, 5.74) is 1.06. The van der Waals surface area contributed by atoms with Gasteiger partial charge in [0.25, 0.3) is 0 Å². The lowest BCUT2D eigenvalue weighted by atomic mass is 9.83. The second-order valence-corrected chi connectivity index (χ2v) is 12.0. The first-order valence-corrected chi connectivity index (χ1v) is 13.9. The first kappa shape index (κ1) is 25.1. The van der Waals surface area contributed by atoms with Crippen LogP contribution in [0.2, 0.25) is 10.0 Å². The fourth-order valence-electron chi connectivity index (χ4n) is 5.68. The third-order valence-corrected chi connectivity index (χ3v) is 9.16. The van der Waals surface area contributed by atoms with Crippen LogP contribution in [0.3, 0.4) is 0 Å². The van der Waals surface area contributed by atoms with Crippen LogP contribution in [0.25, 0.3) is 0 Å². The number of piperidine rings is 3. The molecule has 0 radical (unpaired) electrons. The fourth-order valence-corrected chi connectivity index (χ4v) is 6.53. The van der Waals surface area contributed by atoms with Gasteiger partial charge in [0, 0.05) is 33.0 Å². The number of nitrogens with one attached hydrogen (secondary N) is 2. The van der Waals surface area contributed by atoms with E-state index in [4.69, 9.17) is 23.2 Å². The number of benzene rings is 2. The standard InChI is InChI=1S/C27H30BrCl2N3O2/c1-16(17-2-4-19(28)5-3-17)24(25(34)31-23-15-33-12-8-18(23)9-13-33)32-26(35)27(10-11-27)21-7-6-20(29)14-22(21)30/h2-7,14,16,18,23-24H,8-13,15H2,1H3,(H,31,34)(H,32,35)/t16-,23+,24?/m0/s1. The van der Waals surface area contributed by atoms with Gasteiger partial charge >= 0.3 is 0 Å². The number of nitrogens with zero attached hydrogens (tertiary/aromatic N) is 1. The summed E-state index contributed by atoms with van der Waals surface area (Å²) in [6.45, 7) is 5.10. The van der Waals surface area contributed by atoms with Crippen LogP contribution in [0.1, 0.15) is 49.7 Å². The van der Waals surface area contributed by atoms with Crippen molar-refractivity contribution in [2.45, 2.75) is 56.0 Å². The molecule has 5 nitrogen and oxygen atoms in total. The molecule has 3 aliphatic heterocycles. The summed E-state index contributed by atoms with van der Waals surface area (Å²) in [7, 11) is 0. The van der Waals surface area contributed by atoms with Gasteiger partial charge in [0.1, 0.15) is 6.04 Å². The molecule has 4 fully saturated rings. The molecule has 3 heterocycles. The van der Waals surface area contributed by atoms with E-state index >= 15 is 0 Å². The Hall–Kier alpha value is -1.60. The predicted octanol–water partition coefficient (Wildman–Crippen LogP) is 5.29. The van der Waals surface area contributed by atoms with Crippen LogP contribution >= 0.6 is 39.1 Å². The zero-order valence-electron chi connectivity index (χ0n) is 19.7. The van der Waals surface area contributed by atoms with Crippen molar-refractivity contribution in [3.05, 3.63) is 68.1 Å². The quantitative estimate of drug-likeness (QED) is 0.469. The van der Waals surface area contributed by atoms with Crippen LogP contribution < -0.4 is 10.6 Å². The van der Waals surface area contributed by atoms with Gasteiger partial charge in [0.05, 0.1) is 5.41 Å². The van der Waals surface area contributed by atoms with E-state index in [1.807, 2.05) is 37.3 Å². The number of hydrogen-bond donors (Lipinski definition) is 2. The highest BCUT2D eigenvalue weighted by molar-refractivity contribution is 9.10. The number of halogens is 3. The predicted molar refractivity (Wildman–Crippen MR) is 143 cm³/mol. The average molecular weight is 579 g/mol. The summed E-state index contributed by atoms with van der Waals surface area (Å²) in [6.07, 6.45) is 3.62. The number of rotatable bonds is 7. The molecule has 3 saturated heterocycles. The molecular weight excluding hydrogens is 549 g/mol. The molecule has 1 saturated carbocycles. The van der Waals surface area contributed by atoms with Gasteiger partial charge in [0.2, 0.25) is 11.8 Å². The highest BCUT2D eigenvalue weighted by Gasteiger charge is 2.53. The highest BCUT2D eigenvalue weighted by Crippen LogP contribution is 2.51. The molecule has 3 atom stereocenters. The molecule has 2 aromatic carbocycles. The normalized spacial score (nSPS) is 26.0. The Kier molecular flexibility index (Phi) is 7.19. The molecule has 6 rings (SSSR count). The summed E-state index contributed by atoms with van der Waals surface area (Å²) in [6, 6.07) is 12.6. The highest BCUT2D eigenvalue weighted by atomic mass is 79.9. The molecule has 0 spiro atoms. The minimum Gasteiger partial charge on any atom is -0.350 e. The number of carbonyl (C=O) groups excluding carboxylic acids is 2. The van der Waals surface area contributed by atoms with E-state index in [1.165, 1.54) is 0 Å². The summed E-state index contributed by atoms with van der Waals surface area (Å²) in [4.78, 5) is 29.8. The Morgan fingerprint density at radius 3 is 2.34 bits per heavy atom. The lowest BCUT2D eigenvalue weighted by Gasteiger charge is -2.45. The largest absolute Gasteiger partial charge is 0.350 e. The van der Waals surface area contributed by atoms with E-state index in [9.17, 15) is 9.59 Å². The number of fused-ring (bicyclic) bond motifs is 3. The second-order valence-electron chi connectivity index (χ2n) is 10.3. The minimum atomic E-state index is -0.713. The minimum absolute atomic E-state index is 0.120. The fraction of sp³-hybridized carbons (Fsp3) is 0.481. The third kappa shape index (κ3) is 5.13. The lowest BCUT2D eigenvalue weighted by molar-refractivity contribution is -0.131. The topological polar surface area (TPSA) is 61.4 Å². The summed E-state index contributed by atoms with van der Waals surface area (Å²) >= 11 is 16.1. The van der Waals surface area contributed by atoms with E-state index in [2.05, 4.69) is 31.5 Å². The first-order chi connectivity index (χ1) is 16.8. The van der Waals surface area contributed by atoms with Crippen molar-refractivity contribution < 1.29 is 9.59 Å². The molecule has 186 valence electrons. The molecule has 1 aliphatic carbocycles. The van der Waals surface area contributed by atoms with Crippen molar-refractivity contribution in [1.82, 2.24) is 15.5 Å². The van der Waals surface area contributed by atoms with Crippen LogP contribution in [0, 0.1) is 5.92 Å². The van der Waals surface area contributed by atoms with Crippen molar-refractivity contribution in [3.63, 3.8) is 0 Å². The summed E-state index contributed by atoms with van der Waals surface area (Å²) in [5, 5.41) is 7.46. The molecule has 0 aromatic heterocycles. The Morgan fingerprint density at radius 1 is 1.09 bits per heavy atom. The Balaban J connectivity index is 1.39. The van der Waals surface area contributed by atoms with Crippen molar-refractivity contribution in [2.24, 2.45) is 5.92 Å². The first-order valence-electron chi connectivity index (χ1n) is 12.3. The van der Waals surface area contributed by atoms with Crippen LogP contribution in [-0.2, 0) is 15.0 Å². The molecule has 2 aromatic rings. The third-order valence-electron chi connectivity index (χ3n) is 8.08. The van der Waals surface area contributed by atoms with Gasteiger partial charge in [-0.1, -0.05) is 64.3 Å². The van der Waals surface area contributed by atoms with E-state index in [0.717, 1.165) is 48.1 Å². The summed E-state index contributed by atoms with van der Waals surface area (Å²) < 4.78 is 0.972. The maximum absolute atomic E-state index is 13.7. The van der Waals surface area contributed by atoms with Crippen LogP contribution in [0.5, 0.6) is 0 Å². The van der Waals surface area contributed by atoms with Gasteiger partial charge in [-0.05, 0) is 80.1 Å². The Labute approximate surface area is 225 Å². The summed E-state index contributed by atoms with van der Waals surface area (Å²) in [5.74, 6) is 0.0285.